The molecule has 0 N–H and O–H groups in total. The van der Waals surface area contributed by atoms with Crippen molar-refractivity contribution in [3.63, 3.8) is 0 Å². The van der Waals surface area contributed by atoms with Gasteiger partial charge in [-0.25, -0.2) is 0 Å². The van der Waals surface area contributed by atoms with Gasteiger partial charge in [-0.3, -0.25) is 4.79 Å². The van der Waals surface area contributed by atoms with E-state index in [2.05, 4.69) is 54.6 Å². The number of carbonyl (C=O) groups is 1. The van der Waals surface area contributed by atoms with Gasteiger partial charge in [0.15, 0.2) is 5.78 Å². The summed E-state index contributed by atoms with van der Waals surface area (Å²) in [5.74, 6) is 0.342. The molecule has 0 fully saturated rings. The molecule has 1 unspecified atom stereocenters. The Morgan fingerprint density at radius 2 is 1.38 bits per heavy atom. The number of carbonyl (C=O) groups excluding carboxylic acids is 1. The van der Waals surface area contributed by atoms with E-state index in [1.165, 1.54) is 22.3 Å². The van der Waals surface area contributed by atoms with Crippen molar-refractivity contribution in [2.75, 3.05) is 0 Å². The lowest BCUT2D eigenvalue weighted by atomic mass is 9.74. The summed E-state index contributed by atoms with van der Waals surface area (Å²) in [6.45, 7) is 0. The van der Waals surface area contributed by atoms with Gasteiger partial charge >= 0.3 is 0 Å². The third-order valence-corrected chi connectivity index (χ3v) is 5.22. The van der Waals surface area contributed by atoms with Crippen LogP contribution in [0.15, 0.2) is 84.4 Å². The second kappa shape index (κ2) is 5.04. The van der Waals surface area contributed by atoms with E-state index in [4.69, 9.17) is 0 Å². The molecule has 114 valence electrons. The molecule has 2 aliphatic rings. The summed E-state index contributed by atoms with van der Waals surface area (Å²) in [7, 11) is 0. The van der Waals surface area contributed by atoms with Crippen LogP contribution in [0.4, 0.5) is 0 Å². The molecule has 1 atom stereocenters. The second-order valence-corrected chi connectivity index (χ2v) is 6.49. The van der Waals surface area contributed by atoms with Crippen molar-refractivity contribution in [3.05, 3.63) is 112 Å². The van der Waals surface area contributed by atoms with Crippen molar-refractivity contribution in [1.29, 1.82) is 0 Å². The molecule has 3 aromatic carbocycles. The van der Waals surface area contributed by atoms with Crippen LogP contribution < -0.4 is 0 Å². The van der Waals surface area contributed by atoms with Crippen LogP contribution in [0, 0.1) is 0 Å². The van der Waals surface area contributed by atoms with Crippen LogP contribution in [-0.4, -0.2) is 5.78 Å². The van der Waals surface area contributed by atoms with Crippen LogP contribution in [0.25, 0.3) is 5.57 Å². The lowest BCUT2D eigenvalue weighted by Gasteiger charge is -2.28. The quantitative estimate of drug-likeness (QED) is 0.616. The monoisotopic (exact) mass is 308 g/mol. The molecule has 0 aromatic heterocycles. The highest BCUT2D eigenvalue weighted by Crippen LogP contribution is 2.50. The predicted octanol–water partition coefficient (Wildman–Crippen LogP) is 5.02. The summed E-state index contributed by atoms with van der Waals surface area (Å²) in [6, 6.07) is 27.1. The van der Waals surface area contributed by atoms with Crippen molar-refractivity contribution in [2.24, 2.45) is 0 Å². The van der Waals surface area contributed by atoms with Crippen molar-refractivity contribution < 1.29 is 4.79 Å². The standard InChI is InChI=1S/C23H16O/c24-23-19-13-7-6-12-18(19)22-20(23)14-16-10-4-5-11-17(16)21(22)15-8-2-1-3-9-15/h1-13,21H,14H2. The van der Waals surface area contributed by atoms with Gasteiger partial charge in [0, 0.05) is 23.5 Å². The molecule has 0 spiro atoms. The molecule has 1 nitrogen and oxygen atoms in total. The van der Waals surface area contributed by atoms with Gasteiger partial charge < -0.3 is 0 Å². The zero-order valence-electron chi connectivity index (χ0n) is 13.2. The number of hydrogen-bond donors (Lipinski definition) is 0. The minimum atomic E-state index is 0.138. The second-order valence-electron chi connectivity index (χ2n) is 6.49. The van der Waals surface area contributed by atoms with Gasteiger partial charge in [0.1, 0.15) is 0 Å². The fraction of sp³-hybridized carbons (Fsp3) is 0.0870. The van der Waals surface area contributed by atoms with E-state index in [0.717, 1.165) is 23.1 Å². The average molecular weight is 308 g/mol. The lowest BCUT2D eigenvalue weighted by Crippen LogP contribution is -2.15. The molecule has 5 rings (SSSR count). The Balaban J connectivity index is 1.82. The lowest BCUT2D eigenvalue weighted by molar-refractivity contribution is 0.103. The first-order chi connectivity index (χ1) is 11.8. The molecule has 0 amide bonds. The zero-order chi connectivity index (χ0) is 16.1. The maximum absolute atomic E-state index is 13.0. The van der Waals surface area contributed by atoms with E-state index < -0.39 is 0 Å². The Morgan fingerprint density at radius 1 is 0.708 bits per heavy atom. The summed E-state index contributed by atoms with van der Waals surface area (Å²) in [4.78, 5) is 13.0. The predicted molar refractivity (Wildman–Crippen MR) is 96.1 cm³/mol. The minimum absolute atomic E-state index is 0.138. The first-order valence-corrected chi connectivity index (χ1v) is 8.34. The number of allylic oxidation sites excluding steroid dienone is 2. The van der Waals surface area contributed by atoms with E-state index in [1.807, 2.05) is 24.3 Å². The van der Waals surface area contributed by atoms with Crippen molar-refractivity contribution in [1.82, 2.24) is 0 Å². The highest BCUT2D eigenvalue weighted by atomic mass is 16.1. The molecule has 0 bridgehead atoms. The van der Waals surface area contributed by atoms with Crippen molar-refractivity contribution in [3.8, 4) is 0 Å². The highest BCUT2D eigenvalue weighted by molar-refractivity contribution is 6.22. The number of benzene rings is 3. The van der Waals surface area contributed by atoms with Gasteiger partial charge in [-0.05, 0) is 27.8 Å². The number of hydrogen-bond acceptors (Lipinski definition) is 1. The molecule has 0 heterocycles. The SMILES string of the molecule is O=C1C2=C(c3ccccc31)C(c1ccccc1)c1ccccc1C2. The summed E-state index contributed by atoms with van der Waals surface area (Å²) in [5.41, 5.74) is 8.00. The van der Waals surface area contributed by atoms with Gasteiger partial charge in [0.25, 0.3) is 0 Å². The molecule has 2 aliphatic carbocycles. The molecular formula is C23H16O. The largest absolute Gasteiger partial charge is 0.289 e. The van der Waals surface area contributed by atoms with E-state index in [-0.39, 0.29) is 11.7 Å². The van der Waals surface area contributed by atoms with Crippen LogP contribution in [0.3, 0.4) is 0 Å². The van der Waals surface area contributed by atoms with Crippen molar-refractivity contribution >= 4 is 11.4 Å². The fourth-order valence-electron chi connectivity index (χ4n) is 4.18. The van der Waals surface area contributed by atoms with Crippen LogP contribution in [0.5, 0.6) is 0 Å². The molecule has 0 aliphatic heterocycles. The first kappa shape index (κ1) is 13.5. The highest BCUT2D eigenvalue weighted by Gasteiger charge is 2.38. The number of rotatable bonds is 1. The van der Waals surface area contributed by atoms with Crippen molar-refractivity contribution in [2.45, 2.75) is 12.3 Å². The molecule has 0 saturated carbocycles. The molecule has 3 aromatic rings. The Hall–Kier alpha value is -2.93. The maximum atomic E-state index is 13.0. The molecule has 1 heteroatoms. The Labute approximate surface area is 141 Å². The van der Waals surface area contributed by atoms with Gasteiger partial charge in [0.05, 0.1) is 0 Å². The molecular weight excluding hydrogens is 292 g/mol. The van der Waals surface area contributed by atoms with Crippen LogP contribution >= 0.6 is 0 Å². The summed E-state index contributed by atoms with van der Waals surface area (Å²) in [5, 5.41) is 0. The number of ketones is 1. The Morgan fingerprint density at radius 3 is 2.21 bits per heavy atom. The minimum Gasteiger partial charge on any atom is -0.289 e. The van der Waals surface area contributed by atoms with E-state index in [1.54, 1.807) is 0 Å². The maximum Gasteiger partial charge on any atom is 0.190 e. The van der Waals surface area contributed by atoms with Gasteiger partial charge in [-0.2, -0.15) is 0 Å². The summed E-state index contributed by atoms with van der Waals surface area (Å²) in [6.07, 6.45) is 0.738. The average Bonchev–Trinajstić information content (AvgIpc) is 2.93. The summed E-state index contributed by atoms with van der Waals surface area (Å²) < 4.78 is 0. The van der Waals surface area contributed by atoms with E-state index in [9.17, 15) is 4.79 Å². The van der Waals surface area contributed by atoms with Gasteiger partial charge in [-0.15, -0.1) is 0 Å². The first-order valence-electron chi connectivity index (χ1n) is 8.34. The Kier molecular flexibility index (Phi) is 2.83. The fourth-order valence-corrected chi connectivity index (χ4v) is 4.18. The topological polar surface area (TPSA) is 17.1 Å². The third-order valence-electron chi connectivity index (χ3n) is 5.22. The van der Waals surface area contributed by atoms with Crippen LogP contribution in [-0.2, 0) is 6.42 Å². The number of fused-ring (bicyclic) bond motifs is 3. The third kappa shape index (κ3) is 1.78. The number of Topliss-reactive ketones (excluding diaryl/α,β-unsaturated/α-hetero) is 1. The van der Waals surface area contributed by atoms with Gasteiger partial charge in [0.2, 0.25) is 0 Å². The molecule has 0 saturated heterocycles. The zero-order valence-corrected chi connectivity index (χ0v) is 13.2. The molecule has 24 heavy (non-hydrogen) atoms. The normalized spacial score (nSPS) is 18.2. The van der Waals surface area contributed by atoms with Crippen LogP contribution in [0.2, 0.25) is 0 Å². The smallest absolute Gasteiger partial charge is 0.190 e. The van der Waals surface area contributed by atoms with E-state index >= 15 is 0 Å². The van der Waals surface area contributed by atoms with Gasteiger partial charge in [-0.1, -0.05) is 78.9 Å². The Bertz CT molecular complexity index is 995. The van der Waals surface area contributed by atoms with E-state index in [0.29, 0.717) is 0 Å². The van der Waals surface area contributed by atoms with Crippen LogP contribution in [0.1, 0.15) is 38.5 Å². The summed E-state index contributed by atoms with van der Waals surface area (Å²) >= 11 is 0. The molecule has 0 radical (unpaired) electrons.